The molecule has 0 amide bonds. The fourth-order valence-electron chi connectivity index (χ4n) is 1.50. The summed E-state index contributed by atoms with van der Waals surface area (Å²) in [5.74, 6) is 0.702. The molecular formula is C13H26O. The van der Waals surface area contributed by atoms with Crippen LogP contribution in [-0.2, 0) is 4.79 Å². The van der Waals surface area contributed by atoms with Gasteiger partial charge in [0.25, 0.3) is 0 Å². The summed E-state index contributed by atoms with van der Waals surface area (Å²) >= 11 is 0. The minimum absolute atomic E-state index is 0.257. The van der Waals surface area contributed by atoms with Gasteiger partial charge in [0.1, 0.15) is 5.78 Å². The summed E-state index contributed by atoms with van der Waals surface area (Å²) in [6, 6.07) is 0. The summed E-state index contributed by atoms with van der Waals surface area (Å²) < 4.78 is 0. The highest BCUT2D eigenvalue weighted by atomic mass is 16.1. The van der Waals surface area contributed by atoms with E-state index < -0.39 is 0 Å². The van der Waals surface area contributed by atoms with Gasteiger partial charge >= 0.3 is 0 Å². The van der Waals surface area contributed by atoms with Crippen LogP contribution in [0.4, 0.5) is 0 Å². The second-order valence-corrected chi connectivity index (χ2v) is 4.79. The Morgan fingerprint density at radius 3 is 2.07 bits per heavy atom. The van der Waals surface area contributed by atoms with Crippen molar-refractivity contribution in [3.05, 3.63) is 0 Å². The Hall–Kier alpha value is -0.330. The van der Waals surface area contributed by atoms with Gasteiger partial charge in [-0.25, -0.2) is 0 Å². The van der Waals surface area contributed by atoms with Gasteiger partial charge in [0.05, 0.1) is 0 Å². The Balaban J connectivity index is 3.98. The molecule has 0 heterocycles. The van der Waals surface area contributed by atoms with Crippen LogP contribution in [0.15, 0.2) is 0 Å². The van der Waals surface area contributed by atoms with Gasteiger partial charge < -0.3 is 0 Å². The Labute approximate surface area is 89.3 Å². The molecule has 84 valence electrons. The average Bonchev–Trinajstić information content (AvgIpc) is 2.24. The molecule has 0 N–H and O–H groups in total. The summed E-state index contributed by atoms with van der Waals surface area (Å²) in [6.07, 6.45) is 5.17. The van der Waals surface area contributed by atoms with Gasteiger partial charge in [0.15, 0.2) is 0 Å². The topological polar surface area (TPSA) is 17.1 Å². The molecule has 0 aliphatic rings. The molecule has 0 radical (unpaired) electrons. The zero-order valence-electron chi connectivity index (χ0n) is 10.5. The molecule has 1 unspecified atom stereocenters. The molecule has 0 rings (SSSR count). The van der Waals surface area contributed by atoms with Crippen LogP contribution in [0.2, 0.25) is 0 Å². The van der Waals surface area contributed by atoms with Crippen LogP contribution in [0.25, 0.3) is 0 Å². The quantitative estimate of drug-likeness (QED) is 0.599. The predicted molar refractivity (Wildman–Crippen MR) is 62.4 cm³/mol. The highest BCUT2D eigenvalue weighted by Gasteiger charge is 2.21. The SMILES string of the molecule is CCC(C)C(=O)CCC(C)(CC)CC. The van der Waals surface area contributed by atoms with Gasteiger partial charge in [0.2, 0.25) is 0 Å². The fourth-order valence-corrected chi connectivity index (χ4v) is 1.50. The highest BCUT2D eigenvalue weighted by molar-refractivity contribution is 5.80. The average molecular weight is 198 g/mol. The van der Waals surface area contributed by atoms with Crippen molar-refractivity contribution < 1.29 is 4.79 Å². The molecule has 0 aromatic carbocycles. The highest BCUT2D eigenvalue weighted by Crippen LogP contribution is 2.31. The summed E-state index contributed by atoms with van der Waals surface area (Å²) in [7, 11) is 0. The third-order valence-electron chi connectivity index (χ3n) is 3.84. The van der Waals surface area contributed by atoms with E-state index in [1.807, 2.05) is 6.92 Å². The molecule has 14 heavy (non-hydrogen) atoms. The Morgan fingerprint density at radius 1 is 1.21 bits per heavy atom. The van der Waals surface area contributed by atoms with E-state index >= 15 is 0 Å². The number of carbonyl (C=O) groups is 1. The van der Waals surface area contributed by atoms with Crippen molar-refractivity contribution >= 4 is 5.78 Å². The minimum atomic E-state index is 0.257. The summed E-state index contributed by atoms with van der Waals surface area (Å²) in [6.45, 7) is 10.9. The Kier molecular flexibility index (Phi) is 6.06. The first kappa shape index (κ1) is 13.7. The smallest absolute Gasteiger partial charge is 0.135 e. The molecule has 0 bridgehead atoms. The van der Waals surface area contributed by atoms with Crippen LogP contribution in [0.3, 0.4) is 0 Å². The lowest BCUT2D eigenvalue weighted by Gasteiger charge is -2.26. The van der Waals surface area contributed by atoms with Gasteiger partial charge in [-0.3, -0.25) is 4.79 Å². The number of carbonyl (C=O) groups excluding carboxylic acids is 1. The largest absolute Gasteiger partial charge is 0.299 e. The maximum absolute atomic E-state index is 11.7. The van der Waals surface area contributed by atoms with E-state index in [9.17, 15) is 4.79 Å². The molecule has 0 saturated heterocycles. The van der Waals surface area contributed by atoms with Crippen LogP contribution in [0.5, 0.6) is 0 Å². The number of rotatable bonds is 7. The van der Waals surface area contributed by atoms with Crippen LogP contribution >= 0.6 is 0 Å². The van der Waals surface area contributed by atoms with Crippen LogP contribution < -0.4 is 0 Å². The van der Waals surface area contributed by atoms with E-state index in [0.717, 1.165) is 19.3 Å². The molecule has 0 aromatic rings. The number of ketones is 1. The van der Waals surface area contributed by atoms with Crippen LogP contribution in [0, 0.1) is 11.3 Å². The van der Waals surface area contributed by atoms with Gasteiger partial charge in [-0.15, -0.1) is 0 Å². The van der Waals surface area contributed by atoms with E-state index in [1.54, 1.807) is 0 Å². The van der Waals surface area contributed by atoms with Crippen LogP contribution in [-0.4, -0.2) is 5.78 Å². The minimum Gasteiger partial charge on any atom is -0.299 e. The van der Waals surface area contributed by atoms with E-state index in [4.69, 9.17) is 0 Å². The predicted octanol–water partition coefficient (Wildman–Crippen LogP) is 4.21. The normalized spacial score (nSPS) is 14.1. The lowest BCUT2D eigenvalue weighted by Crippen LogP contribution is -2.18. The third-order valence-corrected chi connectivity index (χ3v) is 3.84. The maximum atomic E-state index is 11.7. The van der Waals surface area contributed by atoms with E-state index in [-0.39, 0.29) is 5.92 Å². The van der Waals surface area contributed by atoms with E-state index in [0.29, 0.717) is 11.2 Å². The Bertz CT molecular complexity index is 168. The number of hydrogen-bond acceptors (Lipinski definition) is 1. The van der Waals surface area contributed by atoms with Crippen LogP contribution in [0.1, 0.15) is 66.7 Å². The second-order valence-electron chi connectivity index (χ2n) is 4.79. The molecule has 0 spiro atoms. The fraction of sp³-hybridized carbons (Fsp3) is 0.923. The first-order valence-electron chi connectivity index (χ1n) is 6.01. The lowest BCUT2D eigenvalue weighted by atomic mass is 9.79. The Morgan fingerprint density at radius 2 is 1.71 bits per heavy atom. The van der Waals surface area contributed by atoms with Crippen molar-refractivity contribution in [3.63, 3.8) is 0 Å². The molecule has 0 aliphatic heterocycles. The van der Waals surface area contributed by atoms with Crippen molar-refractivity contribution in [2.24, 2.45) is 11.3 Å². The maximum Gasteiger partial charge on any atom is 0.135 e. The van der Waals surface area contributed by atoms with E-state index in [2.05, 4.69) is 27.7 Å². The lowest BCUT2D eigenvalue weighted by molar-refractivity contribution is -0.123. The third kappa shape index (κ3) is 4.26. The molecule has 1 atom stereocenters. The molecule has 1 nitrogen and oxygen atoms in total. The first-order valence-corrected chi connectivity index (χ1v) is 6.01. The monoisotopic (exact) mass is 198 g/mol. The number of hydrogen-bond donors (Lipinski definition) is 0. The molecule has 0 fully saturated rings. The number of Topliss-reactive ketones (excluding diaryl/α,β-unsaturated/α-hetero) is 1. The second kappa shape index (κ2) is 6.21. The molecule has 0 aromatic heterocycles. The first-order chi connectivity index (χ1) is 6.49. The molecular weight excluding hydrogens is 172 g/mol. The van der Waals surface area contributed by atoms with Crippen molar-refractivity contribution in [3.8, 4) is 0 Å². The van der Waals surface area contributed by atoms with Crippen molar-refractivity contribution in [2.75, 3.05) is 0 Å². The van der Waals surface area contributed by atoms with Gasteiger partial charge in [-0.2, -0.15) is 0 Å². The standard InChI is InChI=1S/C13H26O/c1-6-11(4)12(14)9-10-13(5,7-2)8-3/h11H,6-10H2,1-5H3. The zero-order chi connectivity index (χ0) is 11.2. The summed E-state index contributed by atoms with van der Waals surface area (Å²) in [5.41, 5.74) is 0.378. The molecule has 1 heteroatoms. The zero-order valence-corrected chi connectivity index (χ0v) is 10.5. The molecule has 0 aliphatic carbocycles. The van der Waals surface area contributed by atoms with Crippen molar-refractivity contribution in [1.82, 2.24) is 0 Å². The van der Waals surface area contributed by atoms with Crippen molar-refractivity contribution in [1.29, 1.82) is 0 Å². The molecule has 0 saturated carbocycles. The van der Waals surface area contributed by atoms with E-state index in [1.165, 1.54) is 12.8 Å². The van der Waals surface area contributed by atoms with Gasteiger partial charge in [-0.1, -0.05) is 47.5 Å². The summed E-state index contributed by atoms with van der Waals surface area (Å²) in [4.78, 5) is 11.7. The summed E-state index contributed by atoms with van der Waals surface area (Å²) in [5, 5.41) is 0. The van der Waals surface area contributed by atoms with Crippen molar-refractivity contribution in [2.45, 2.75) is 66.7 Å². The van der Waals surface area contributed by atoms with Gasteiger partial charge in [-0.05, 0) is 18.3 Å². The van der Waals surface area contributed by atoms with Gasteiger partial charge in [0, 0.05) is 12.3 Å².